The van der Waals surface area contributed by atoms with Crippen molar-refractivity contribution < 1.29 is 19.3 Å². The van der Waals surface area contributed by atoms with Crippen LogP contribution in [0.1, 0.15) is 75.1 Å². The number of hydrogen-bond acceptors (Lipinski definition) is 4. The Morgan fingerprint density at radius 3 is 2.14 bits per heavy atom. The van der Waals surface area contributed by atoms with Crippen molar-refractivity contribution in [3.63, 3.8) is 0 Å². The first-order valence-electron chi connectivity index (χ1n) is 13.5. The van der Waals surface area contributed by atoms with Gasteiger partial charge in [-0.25, -0.2) is 0 Å². The molecule has 0 aromatic heterocycles. The molecular weight excluding hydrogens is 460 g/mol. The van der Waals surface area contributed by atoms with E-state index in [2.05, 4.69) is 68.2 Å². The Kier molecular flexibility index (Phi) is 12.1. The van der Waals surface area contributed by atoms with Gasteiger partial charge in [0, 0.05) is 17.2 Å². The van der Waals surface area contributed by atoms with Crippen LogP contribution in [0.25, 0.3) is 11.1 Å². The highest BCUT2D eigenvalue weighted by Crippen LogP contribution is 2.33. The Labute approximate surface area is 222 Å². The number of rotatable bonds is 14. The lowest BCUT2D eigenvalue weighted by atomic mass is 9.95. The van der Waals surface area contributed by atoms with Crippen molar-refractivity contribution >= 4 is 0 Å². The summed E-state index contributed by atoms with van der Waals surface area (Å²) in [6, 6.07) is 20.8. The van der Waals surface area contributed by atoms with E-state index < -0.39 is 0 Å². The lowest BCUT2D eigenvalue weighted by Gasteiger charge is -2.14. The Morgan fingerprint density at radius 1 is 0.730 bits per heavy atom. The largest absolute Gasteiger partial charge is 0.494 e. The Hall–Kier alpha value is -3.26. The molecule has 0 unspecified atom stereocenters. The molecule has 0 saturated carbocycles. The van der Waals surface area contributed by atoms with Crippen LogP contribution >= 0.6 is 0 Å². The highest BCUT2D eigenvalue weighted by molar-refractivity contribution is 5.71. The van der Waals surface area contributed by atoms with Gasteiger partial charge >= 0.3 is 0 Å². The van der Waals surface area contributed by atoms with Gasteiger partial charge in [-0.3, -0.25) is 0 Å². The maximum atomic E-state index is 8.86. The van der Waals surface area contributed by atoms with Crippen molar-refractivity contribution in [2.24, 2.45) is 0 Å². The number of unbranched alkanes of at least 4 members (excludes halogenated alkanes) is 4. The Morgan fingerprint density at radius 2 is 1.43 bits per heavy atom. The molecule has 3 aromatic carbocycles. The topological polar surface area (TPSA) is 47.9 Å². The number of ether oxygens (including phenoxy) is 3. The molecule has 37 heavy (non-hydrogen) atoms. The number of hydrogen-bond donors (Lipinski definition) is 1. The lowest BCUT2D eigenvalue weighted by molar-refractivity contribution is -0.0653. The minimum absolute atomic E-state index is 0.0272. The molecule has 0 atom stereocenters. The molecule has 0 amide bonds. The molecular formula is C33H40O4. The van der Waals surface area contributed by atoms with E-state index in [4.69, 9.17) is 19.3 Å². The van der Waals surface area contributed by atoms with Gasteiger partial charge in [0.1, 0.15) is 18.3 Å². The molecule has 0 bridgehead atoms. The molecule has 0 saturated heterocycles. The van der Waals surface area contributed by atoms with Crippen molar-refractivity contribution in [2.75, 3.05) is 20.2 Å². The predicted molar refractivity (Wildman–Crippen MR) is 151 cm³/mol. The summed E-state index contributed by atoms with van der Waals surface area (Å²) >= 11 is 0. The van der Waals surface area contributed by atoms with Gasteiger partial charge in [-0.1, -0.05) is 69.6 Å². The van der Waals surface area contributed by atoms with Crippen molar-refractivity contribution in [1.82, 2.24) is 0 Å². The minimum atomic E-state index is -0.385. The average Bonchev–Trinajstić information content (AvgIpc) is 2.92. The molecule has 0 radical (unpaired) electrons. The second-order valence-electron chi connectivity index (χ2n) is 9.06. The van der Waals surface area contributed by atoms with Gasteiger partial charge in [0.2, 0.25) is 0 Å². The maximum absolute atomic E-state index is 8.86. The first kappa shape index (κ1) is 28.3. The molecule has 3 rings (SSSR count). The van der Waals surface area contributed by atoms with Crippen LogP contribution in [0.5, 0.6) is 11.5 Å². The quantitative estimate of drug-likeness (QED) is 0.141. The van der Waals surface area contributed by atoms with E-state index in [0.29, 0.717) is 12.4 Å². The number of aliphatic hydroxyl groups is 1. The summed E-state index contributed by atoms with van der Waals surface area (Å²) in [5.41, 5.74) is 6.75. The summed E-state index contributed by atoms with van der Waals surface area (Å²) in [7, 11) is 0. The van der Waals surface area contributed by atoms with Crippen LogP contribution in [0.3, 0.4) is 0 Å². The Balaban J connectivity index is 1.74. The third-order valence-corrected chi connectivity index (χ3v) is 6.26. The summed E-state index contributed by atoms with van der Waals surface area (Å²) in [6.45, 7) is 6.50. The van der Waals surface area contributed by atoms with Crippen LogP contribution in [0, 0.1) is 11.8 Å². The zero-order chi connectivity index (χ0) is 26.3. The normalized spacial score (nSPS) is 10.6. The fourth-order valence-electron chi connectivity index (χ4n) is 4.28. The first-order valence-corrected chi connectivity index (χ1v) is 13.5. The average molecular weight is 501 g/mol. The molecule has 1 N–H and O–H groups in total. The fraction of sp³-hybridized carbons (Fsp3) is 0.394. The first-order chi connectivity index (χ1) is 18.2. The van der Waals surface area contributed by atoms with Crippen LogP contribution in [-0.2, 0) is 17.6 Å². The number of aliphatic hydroxyl groups excluding tert-OH is 1. The highest BCUT2D eigenvalue weighted by atomic mass is 16.7. The standard InChI is InChI=1S/C33H40O4/c1-4-7-8-9-10-11-26-12-14-27(15-13-26)16-17-28-18-19-33(29(5-2)20-28)30-21-31(36-6-3)23-32(22-30)37-25-35-24-34/h12-15,18-23,34H,4-11,24-25H2,1-3H3. The highest BCUT2D eigenvalue weighted by Gasteiger charge is 2.10. The number of aryl methyl sites for hydroxylation is 2. The second kappa shape index (κ2) is 15.8. The van der Waals surface area contributed by atoms with Gasteiger partial charge in [0.15, 0.2) is 6.79 Å². The van der Waals surface area contributed by atoms with E-state index in [9.17, 15) is 0 Å². The van der Waals surface area contributed by atoms with Gasteiger partial charge in [0.25, 0.3) is 0 Å². The summed E-state index contributed by atoms with van der Waals surface area (Å²) < 4.78 is 16.3. The molecule has 0 aliphatic rings. The summed E-state index contributed by atoms with van der Waals surface area (Å²) in [5.74, 6) is 8.02. The van der Waals surface area contributed by atoms with Crippen LogP contribution in [0.15, 0.2) is 60.7 Å². The third-order valence-electron chi connectivity index (χ3n) is 6.26. The number of benzene rings is 3. The SMILES string of the molecule is CCCCCCCc1ccc(C#Cc2ccc(-c3cc(OCC)cc(OCOCO)c3)c(CC)c2)cc1. The molecule has 3 aromatic rings. The van der Waals surface area contributed by atoms with Crippen molar-refractivity contribution in [3.8, 4) is 34.5 Å². The van der Waals surface area contributed by atoms with Gasteiger partial charge in [-0.2, -0.15) is 0 Å². The van der Waals surface area contributed by atoms with Crippen LogP contribution < -0.4 is 9.47 Å². The summed E-state index contributed by atoms with van der Waals surface area (Å²) in [5, 5.41) is 8.86. The second-order valence-corrected chi connectivity index (χ2v) is 9.06. The van der Waals surface area contributed by atoms with E-state index in [1.165, 1.54) is 43.2 Å². The van der Waals surface area contributed by atoms with Crippen molar-refractivity contribution in [1.29, 1.82) is 0 Å². The van der Waals surface area contributed by atoms with E-state index in [1.54, 1.807) is 0 Å². The molecule has 0 aliphatic heterocycles. The van der Waals surface area contributed by atoms with Gasteiger partial charge < -0.3 is 19.3 Å². The molecule has 196 valence electrons. The van der Waals surface area contributed by atoms with Crippen molar-refractivity contribution in [2.45, 2.75) is 65.7 Å². The van der Waals surface area contributed by atoms with E-state index in [0.717, 1.165) is 40.8 Å². The molecule has 0 fully saturated rings. The van der Waals surface area contributed by atoms with E-state index >= 15 is 0 Å². The van der Waals surface area contributed by atoms with Crippen LogP contribution in [0.2, 0.25) is 0 Å². The lowest BCUT2D eigenvalue weighted by Crippen LogP contribution is -2.04. The predicted octanol–water partition coefficient (Wildman–Crippen LogP) is 7.53. The smallest absolute Gasteiger partial charge is 0.191 e. The van der Waals surface area contributed by atoms with Gasteiger partial charge in [0.05, 0.1) is 6.61 Å². The fourth-order valence-corrected chi connectivity index (χ4v) is 4.28. The van der Waals surface area contributed by atoms with Gasteiger partial charge in [-0.15, -0.1) is 0 Å². The van der Waals surface area contributed by atoms with Crippen LogP contribution in [0.4, 0.5) is 0 Å². The molecule has 0 heterocycles. The molecule has 4 heteroatoms. The minimum Gasteiger partial charge on any atom is -0.494 e. The maximum Gasteiger partial charge on any atom is 0.191 e. The van der Waals surface area contributed by atoms with E-state index in [1.807, 2.05) is 25.1 Å². The van der Waals surface area contributed by atoms with Crippen LogP contribution in [-0.4, -0.2) is 25.3 Å². The molecule has 0 aliphatic carbocycles. The molecule has 0 spiro atoms. The monoisotopic (exact) mass is 500 g/mol. The third kappa shape index (κ3) is 9.28. The van der Waals surface area contributed by atoms with Gasteiger partial charge in [-0.05, 0) is 84.8 Å². The molecule has 4 nitrogen and oxygen atoms in total. The van der Waals surface area contributed by atoms with Crippen molar-refractivity contribution in [3.05, 3.63) is 82.9 Å². The summed E-state index contributed by atoms with van der Waals surface area (Å²) in [6.07, 6.45) is 8.55. The Bertz CT molecular complexity index is 1160. The van der Waals surface area contributed by atoms with E-state index in [-0.39, 0.29) is 13.6 Å². The summed E-state index contributed by atoms with van der Waals surface area (Å²) in [4.78, 5) is 0. The zero-order valence-electron chi connectivity index (χ0n) is 22.5. The zero-order valence-corrected chi connectivity index (χ0v) is 22.5.